The minimum atomic E-state index is -4.64. The Bertz CT molecular complexity index is 938. The Balaban J connectivity index is 1.84. The summed E-state index contributed by atoms with van der Waals surface area (Å²) in [5, 5.41) is 2.54. The van der Waals surface area contributed by atoms with E-state index in [1.807, 2.05) is 0 Å². The number of methoxy groups -OCH3 is 1. The molecule has 3 N–H and O–H groups in total. The highest BCUT2D eigenvalue weighted by Crippen LogP contribution is 2.32. The number of benzene rings is 1. The summed E-state index contributed by atoms with van der Waals surface area (Å²) in [5.41, 5.74) is 5.77. The van der Waals surface area contributed by atoms with Crippen molar-refractivity contribution in [1.29, 1.82) is 0 Å². The number of amides is 1. The monoisotopic (exact) mass is 406 g/mol. The minimum absolute atomic E-state index is 0.249. The third kappa shape index (κ3) is 4.85. The number of hydrogen-bond donors (Lipinski definition) is 2. The third-order valence-electron chi connectivity index (χ3n) is 4.70. The standard InChI is InChI=1S/C20H21F3N4O2/c1-11-6-13(7-11)25-10-12-8-16(17(29-2)9-14(12)24)27-19(28)15-4-3-5-18(26-15)20(21,22)23/h3-5,8-11,13H,6-7,24H2,1-2H3,(H,27,28). The van der Waals surface area contributed by atoms with E-state index >= 15 is 0 Å². The summed E-state index contributed by atoms with van der Waals surface area (Å²) in [4.78, 5) is 20.3. The maximum atomic E-state index is 12.8. The zero-order valence-electron chi connectivity index (χ0n) is 16.0. The van der Waals surface area contributed by atoms with Crippen molar-refractivity contribution in [1.82, 2.24) is 4.98 Å². The van der Waals surface area contributed by atoms with E-state index in [9.17, 15) is 18.0 Å². The van der Waals surface area contributed by atoms with E-state index in [2.05, 4.69) is 22.2 Å². The van der Waals surface area contributed by atoms with E-state index in [-0.39, 0.29) is 23.2 Å². The van der Waals surface area contributed by atoms with Gasteiger partial charge in [0.2, 0.25) is 0 Å². The molecule has 1 heterocycles. The predicted octanol–water partition coefficient (Wildman–Crippen LogP) is 4.16. The lowest BCUT2D eigenvalue weighted by Crippen LogP contribution is -2.24. The average molecular weight is 406 g/mol. The SMILES string of the molecule is COc1cc(N)c(C=NC2CC(C)C2)cc1NC(=O)c1cccc(C(F)(F)F)n1. The van der Waals surface area contributed by atoms with Crippen molar-refractivity contribution in [2.45, 2.75) is 32.0 Å². The van der Waals surface area contributed by atoms with Crippen molar-refractivity contribution in [3.05, 3.63) is 47.3 Å². The number of halogens is 3. The van der Waals surface area contributed by atoms with E-state index in [1.54, 1.807) is 12.3 Å². The first-order valence-corrected chi connectivity index (χ1v) is 9.03. The number of hydrogen-bond acceptors (Lipinski definition) is 5. The van der Waals surface area contributed by atoms with Gasteiger partial charge in [0.1, 0.15) is 17.1 Å². The van der Waals surface area contributed by atoms with Crippen LogP contribution in [0.3, 0.4) is 0 Å². The van der Waals surface area contributed by atoms with E-state index in [0.29, 0.717) is 17.2 Å². The number of nitrogens with one attached hydrogen (secondary N) is 1. The van der Waals surface area contributed by atoms with Gasteiger partial charge in [-0.05, 0) is 37.0 Å². The molecule has 1 fully saturated rings. The van der Waals surface area contributed by atoms with Gasteiger partial charge in [0.25, 0.3) is 5.91 Å². The molecule has 0 bridgehead atoms. The number of carbonyl (C=O) groups is 1. The summed E-state index contributed by atoms with van der Waals surface area (Å²) in [6.45, 7) is 2.16. The lowest BCUT2D eigenvalue weighted by atomic mass is 9.82. The van der Waals surface area contributed by atoms with E-state index in [0.717, 1.165) is 25.0 Å². The molecule has 2 aromatic rings. The molecule has 6 nitrogen and oxygen atoms in total. The number of pyridine rings is 1. The van der Waals surface area contributed by atoms with Crippen LogP contribution in [0.2, 0.25) is 0 Å². The smallest absolute Gasteiger partial charge is 0.433 e. The Morgan fingerprint density at radius 1 is 1.34 bits per heavy atom. The zero-order valence-corrected chi connectivity index (χ0v) is 16.0. The number of ether oxygens (including phenoxy) is 1. The predicted molar refractivity (Wildman–Crippen MR) is 104 cm³/mol. The van der Waals surface area contributed by atoms with E-state index < -0.39 is 17.8 Å². The van der Waals surface area contributed by atoms with Crippen LogP contribution in [0.5, 0.6) is 5.75 Å². The number of alkyl halides is 3. The van der Waals surface area contributed by atoms with Crippen molar-refractivity contribution in [3.63, 3.8) is 0 Å². The highest BCUT2D eigenvalue weighted by molar-refractivity contribution is 6.04. The van der Waals surface area contributed by atoms with Crippen LogP contribution in [0.25, 0.3) is 0 Å². The van der Waals surface area contributed by atoms with Gasteiger partial charge >= 0.3 is 6.18 Å². The van der Waals surface area contributed by atoms with Crippen LogP contribution >= 0.6 is 0 Å². The number of nitrogens with zero attached hydrogens (tertiary/aromatic N) is 2. The fraction of sp³-hybridized carbons (Fsp3) is 0.350. The molecule has 0 radical (unpaired) electrons. The first kappa shape index (κ1) is 20.6. The van der Waals surface area contributed by atoms with Crippen LogP contribution in [0.1, 0.15) is 41.5 Å². The van der Waals surface area contributed by atoms with Crippen LogP contribution in [0.15, 0.2) is 35.3 Å². The van der Waals surface area contributed by atoms with Crippen molar-refractivity contribution in [2.75, 3.05) is 18.2 Å². The summed E-state index contributed by atoms with van der Waals surface area (Å²) in [6, 6.07) is 6.48. The Labute approximate surface area is 166 Å². The molecular weight excluding hydrogens is 385 g/mol. The second-order valence-corrected chi connectivity index (χ2v) is 7.05. The average Bonchev–Trinajstić information content (AvgIpc) is 2.65. The van der Waals surface area contributed by atoms with Crippen molar-refractivity contribution in [3.8, 4) is 5.75 Å². The molecule has 1 saturated carbocycles. The molecule has 0 unspecified atom stereocenters. The van der Waals surface area contributed by atoms with Crippen LogP contribution in [-0.4, -0.2) is 30.3 Å². The first-order valence-electron chi connectivity index (χ1n) is 9.03. The topological polar surface area (TPSA) is 89.6 Å². The molecule has 1 aliphatic rings. The molecule has 0 saturated heterocycles. The molecule has 29 heavy (non-hydrogen) atoms. The van der Waals surface area contributed by atoms with Gasteiger partial charge in [-0.25, -0.2) is 4.98 Å². The Morgan fingerprint density at radius 2 is 2.07 bits per heavy atom. The Hall–Kier alpha value is -3.10. The number of anilines is 2. The number of aromatic nitrogens is 1. The normalized spacial score (nSPS) is 19.1. The second-order valence-electron chi connectivity index (χ2n) is 7.05. The van der Waals surface area contributed by atoms with Gasteiger partial charge < -0.3 is 15.8 Å². The summed E-state index contributed by atoms with van der Waals surface area (Å²) in [5.74, 6) is 0.132. The van der Waals surface area contributed by atoms with Crippen molar-refractivity contribution >= 4 is 23.5 Å². The maximum absolute atomic E-state index is 12.8. The minimum Gasteiger partial charge on any atom is -0.494 e. The first-order chi connectivity index (χ1) is 13.7. The van der Waals surface area contributed by atoms with Gasteiger partial charge in [0.05, 0.1) is 18.8 Å². The second kappa shape index (κ2) is 8.10. The molecule has 3 rings (SSSR count). The molecule has 0 atom stereocenters. The molecule has 1 aromatic carbocycles. The van der Waals surface area contributed by atoms with Crippen LogP contribution in [0.4, 0.5) is 24.5 Å². The van der Waals surface area contributed by atoms with Gasteiger partial charge in [0.15, 0.2) is 0 Å². The molecule has 0 aliphatic heterocycles. The lowest BCUT2D eigenvalue weighted by Gasteiger charge is -2.29. The van der Waals surface area contributed by atoms with E-state index in [1.165, 1.54) is 19.2 Å². The number of carbonyl (C=O) groups excluding carboxylic acids is 1. The van der Waals surface area contributed by atoms with E-state index in [4.69, 9.17) is 10.5 Å². The molecule has 1 aromatic heterocycles. The number of rotatable bonds is 5. The number of nitrogen functional groups attached to an aromatic ring is 1. The Kier molecular flexibility index (Phi) is 5.76. The summed E-state index contributed by atoms with van der Waals surface area (Å²) < 4.78 is 43.7. The van der Waals surface area contributed by atoms with Crippen LogP contribution < -0.4 is 15.8 Å². The highest BCUT2D eigenvalue weighted by Gasteiger charge is 2.33. The quantitative estimate of drug-likeness (QED) is 0.576. The lowest BCUT2D eigenvalue weighted by molar-refractivity contribution is -0.141. The van der Waals surface area contributed by atoms with Crippen molar-refractivity contribution < 1.29 is 22.7 Å². The summed E-state index contributed by atoms with van der Waals surface area (Å²) in [7, 11) is 1.40. The van der Waals surface area contributed by atoms with Gasteiger partial charge in [-0.1, -0.05) is 13.0 Å². The van der Waals surface area contributed by atoms with Gasteiger partial charge in [-0.15, -0.1) is 0 Å². The largest absolute Gasteiger partial charge is 0.494 e. The highest BCUT2D eigenvalue weighted by atomic mass is 19.4. The van der Waals surface area contributed by atoms with Gasteiger partial charge in [-0.3, -0.25) is 9.79 Å². The molecule has 1 amide bonds. The van der Waals surface area contributed by atoms with Crippen LogP contribution in [0, 0.1) is 5.92 Å². The van der Waals surface area contributed by atoms with Crippen molar-refractivity contribution in [2.24, 2.45) is 10.9 Å². The van der Waals surface area contributed by atoms with Crippen LogP contribution in [-0.2, 0) is 6.18 Å². The molecule has 9 heteroatoms. The fourth-order valence-electron chi connectivity index (χ4n) is 3.06. The molecule has 0 spiro atoms. The number of nitrogens with two attached hydrogens (primary N) is 1. The number of aliphatic imine (C=N–C) groups is 1. The fourth-order valence-corrected chi connectivity index (χ4v) is 3.06. The summed E-state index contributed by atoms with van der Waals surface area (Å²) in [6.07, 6.45) is -0.976. The molecule has 154 valence electrons. The zero-order chi connectivity index (χ0) is 21.2. The third-order valence-corrected chi connectivity index (χ3v) is 4.70. The maximum Gasteiger partial charge on any atom is 0.433 e. The Morgan fingerprint density at radius 3 is 2.69 bits per heavy atom. The van der Waals surface area contributed by atoms with Gasteiger partial charge in [-0.2, -0.15) is 13.2 Å². The molecule has 1 aliphatic carbocycles. The summed E-state index contributed by atoms with van der Waals surface area (Å²) >= 11 is 0. The van der Waals surface area contributed by atoms with Gasteiger partial charge in [0, 0.05) is 23.5 Å². The molecular formula is C20H21F3N4O2.